The Bertz CT molecular complexity index is 3430. The van der Waals surface area contributed by atoms with E-state index in [2.05, 4.69) is 250 Å². The van der Waals surface area contributed by atoms with Crippen molar-refractivity contribution in [1.29, 1.82) is 0 Å². The van der Waals surface area contributed by atoms with Crippen molar-refractivity contribution in [2.75, 3.05) is 0 Å². The van der Waals surface area contributed by atoms with Crippen LogP contribution >= 0.6 is 0 Å². The van der Waals surface area contributed by atoms with Gasteiger partial charge in [-0.2, -0.15) is 0 Å². The van der Waals surface area contributed by atoms with E-state index in [9.17, 15) is 0 Å². The zero-order chi connectivity index (χ0) is 47.7. The van der Waals surface area contributed by atoms with Crippen LogP contribution in [0.4, 0.5) is 0 Å². The number of nitrogens with zero attached hydrogens (tertiary/aromatic N) is 2. The molecule has 2 nitrogen and oxygen atoms in total. The maximum absolute atomic E-state index is 4.74. The Hall–Kier alpha value is -8.07. The monoisotopic (exact) mass is 1090 g/mol. The molecule has 3 heteroatoms. The molecule has 11 aromatic rings. The number of hydrogen-bond donors (Lipinski definition) is 0. The maximum Gasteiger partial charge on any atom is 0.0160 e. The van der Waals surface area contributed by atoms with Crippen molar-refractivity contribution in [1.82, 2.24) is 9.97 Å². The molecule has 0 amide bonds. The van der Waals surface area contributed by atoms with Gasteiger partial charge in [0, 0.05) is 32.5 Å². The summed E-state index contributed by atoms with van der Waals surface area (Å²) in [5.74, 6) is 0. The van der Waals surface area contributed by atoms with Crippen molar-refractivity contribution in [3.63, 3.8) is 0 Å². The average molecular weight is 1090 g/mol. The van der Waals surface area contributed by atoms with Gasteiger partial charge in [0.1, 0.15) is 0 Å². The fourth-order valence-corrected chi connectivity index (χ4v) is 9.23. The van der Waals surface area contributed by atoms with Gasteiger partial charge in [-0.1, -0.05) is 227 Å². The zero-order valence-corrected chi connectivity index (χ0v) is 42.4. The second kappa shape index (κ2) is 22.1. The number of aromatic nitrogens is 2. The van der Waals surface area contributed by atoms with Gasteiger partial charge >= 0.3 is 0 Å². The summed E-state index contributed by atoms with van der Waals surface area (Å²) >= 11 is 0. The molecule has 2 aromatic heterocycles. The predicted molar refractivity (Wildman–Crippen MR) is 294 cm³/mol. The first kappa shape index (κ1) is 48.0. The van der Waals surface area contributed by atoms with Crippen LogP contribution in [0.1, 0.15) is 26.3 Å². The molecule has 1 radical (unpaired) electrons. The van der Waals surface area contributed by atoms with Gasteiger partial charge in [0.15, 0.2) is 0 Å². The Labute approximate surface area is 432 Å². The molecule has 2 heterocycles. The molecular formula is C68H52IrN2-2. The summed E-state index contributed by atoms with van der Waals surface area (Å²) in [6.07, 6.45) is 3.65. The second-order valence-electron chi connectivity index (χ2n) is 18.3. The molecule has 0 saturated carbocycles. The minimum atomic E-state index is 0. The van der Waals surface area contributed by atoms with Crippen molar-refractivity contribution in [2.24, 2.45) is 0 Å². The minimum Gasteiger partial charge on any atom is -0.305 e. The standard InChI is InChI=1S/C53H36N.C15H16N.Ir/c1-6-19-38(20-7-1)39-32-34-44(35-33-39)52-50(42-25-12-4-13-26-42)48(40-21-8-2-9-22-40)49(41-23-10-3-11-24-41)51(43-27-14-5-15-28-43)53(52)46-30-18-29-45(37-46)47-31-16-17-36-54-47;1-15(2,3)13-9-7-12(8-10-13)14-6-4-5-11-16-14;/h1-28,30-37H;4-7,9-11H,1-3H3;/q2*-1;. The molecular weight excluding hydrogens is 1040 g/mol. The van der Waals surface area contributed by atoms with E-state index in [-0.39, 0.29) is 25.5 Å². The molecule has 0 saturated heterocycles. The molecule has 0 aliphatic rings. The van der Waals surface area contributed by atoms with E-state index in [1.807, 2.05) is 42.6 Å². The number of pyridine rings is 2. The largest absolute Gasteiger partial charge is 0.305 e. The van der Waals surface area contributed by atoms with E-state index in [1.54, 1.807) is 6.20 Å². The normalized spacial score (nSPS) is 10.9. The van der Waals surface area contributed by atoms with Gasteiger partial charge in [-0.25, -0.2) is 0 Å². The molecule has 0 spiro atoms. The summed E-state index contributed by atoms with van der Waals surface area (Å²) in [6.45, 7) is 6.61. The van der Waals surface area contributed by atoms with Crippen LogP contribution in [0.2, 0.25) is 0 Å². The molecule has 11 rings (SSSR count). The first-order valence-corrected chi connectivity index (χ1v) is 23.9. The van der Waals surface area contributed by atoms with Gasteiger partial charge in [0.25, 0.3) is 0 Å². The SMILES string of the molecule is CC(C)(C)c1c[c-]c(-c2ccccn2)cc1.[Ir].[c-]1ccc(-c2c(-c3ccccc3)c(-c3ccccc3)c(-c3ccccc3)c(-c3ccccc3)c2-c2ccc(-c3ccccc3)cc2)cc1-c1ccccn1. The van der Waals surface area contributed by atoms with Crippen molar-refractivity contribution in [3.8, 4) is 100 Å². The topological polar surface area (TPSA) is 25.8 Å². The van der Waals surface area contributed by atoms with Crippen LogP contribution in [0, 0.1) is 12.1 Å². The zero-order valence-electron chi connectivity index (χ0n) is 40.1. The van der Waals surface area contributed by atoms with Crippen LogP contribution in [0.25, 0.3) is 100 Å². The van der Waals surface area contributed by atoms with Gasteiger partial charge in [0.05, 0.1) is 0 Å². The number of rotatable bonds is 9. The van der Waals surface area contributed by atoms with Crippen LogP contribution in [0.15, 0.2) is 261 Å². The van der Waals surface area contributed by atoms with E-state index in [4.69, 9.17) is 4.98 Å². The third-order valence-electron chi connectivity index (χ3n) is 12.7. The second-order valence-corrected chi connectivity index (χ2v) is 18.3. The van der Waals surface area contributed by atoms with Crippen molar-refractivity contribution < 1.29 is 20.1 Å². The van der Waals surface area contributed by atoms with Gasteiger partial charge in [-0.15, -0.1) is 65.2 Å². The van der Waals surface area contributed by atoms with Gasteiger partial charge in [0.2, 0.25) is 0 Å². The van der Waals surface area contributed by atoms with Crippen molar-refractivity contribution in [3.05, 3.63) is 279 Å². The molecule has 0 fully saturated rings. The van der Waals surface area contributed by atoms with E-state index in [0.29, 0.717) is 0 Å². The summed E-state index contributed by atoms with van der Waals surface area (Å²) in [7, 11) is 0. The van der Waals surface area contributed by atoms with Crippen LogP contribution in [0.3, 0.4) is 0 Å². The molecule has 0 atom stereocenters. The fraction of sp³-hybridized carbons (Fsp3) is 0.0588. The molecule has 71 heavy (non-hydrogen) atoms. The number of benzene rings is 9. The molecule has 0 unspecified atom stereocenters. The van der Waals surface area contributed by atoms with E-state index >= 15 is 0 Å². The van der Waals surface area contributed by atoms with Crippen LogP contribution in [-0.2, 0) is 25.5 Å². The summed E-state index contributed by atoms with van der Waals surface area (Å²) < 4.78 is 0. The average Bonchev–Trinajstić information content (AvgIpc) is 3.44. The summed E-state index contributed by atoms with van der Waals surface area (Å²) in [6, 6.07) is 94.9. The Morgan fingerprint density at radius 2 is 0.662 bits per heavy atom. The fourth-order valence-electron chi connectivity index (χ4n) is 9.23. The van der Waals surface area contributed by atoms with Gasteiger partial charge < -0.3 is 9.97 Å². The summed E-state index contributed by atoms with van der Waals surface area (Å²) in [5.41, 5.74) is 21.7. The first-order valence-electron chi connectivity index (χ1n) is 23.9. The van der Waals surface area contributed by atoms with E-state index < -0.39 is 0 Å². The Balaban J connectivity index is 0.000000313. The molecule has 0 aliphatic carbocycles. The van der Waals surface area contributed by atoms with Crippen molar-refractivity contribution >= 4 is 0 Å². The third kappa shape index (κ3) is 10.7. The Morgan fingerprint density at radius 3 is 1.04 bits per heavy atom. The van der Waals surface area contributed by atoms with Gasteiger partial charge in [-0.3, -0.25) is 0 Å². The first-order chi connectivity index (χ1) is 34.4. The van der Waals surface area contributed by atoms with Crippen LogP contribution < -0.4 is 0 Å². The Kier molecular flexibility index (Phi) is 15.0. The van der Waals surface area contributed by atoms with Crippen LogP contribution in [0.5, 0.6) is 0 Å². The van der Waals surface area contributed by atoms with Crippen molar-refractivity contribution in [2.45, 2.75) is 26.2 Å². The summed E-state index contributed by atoms with van der Waals surface area (Å²) in [5, 5.41) is 0. The maximum atomic E-state index is 4.74. The molecule has 345 valence electrons. The molecule has 9 aromatic carbocycles. The quantitative estimate of drug-likeness (QED) is 0.135. The molecule has 0 bridgehead atoms. The summed E-state index contributed by atoms with van der Waals surface area (Å²) in [4.78, 5) is 9.05. The Morgan fingerprint density at radius 1 is 0.310 bits per heavy atom. The van der Waals surface area contributed by atoms with E-state index in [1.165, 1.54) is 44.5 Å². The van der Waals surface area contributed by atoms with Crippen LogP contribution in [-0.4, -0.2) is 9.97 Å². The number of hydrogen-bond acceptors (Lipinski definition) is 2. The molecule has 0 aliphatic heterocycles. The minimum absolute atomic E-state index is 0. The predicted octanol–water partition coefficient (Wildman–Crippen LogP) is 18.1. The third-order valence-corrected chi connectivity index (χ3v) is 12.7. The molecule has 0 N–H and O–H groups in total. The van der Waals surface area contributed by atoms with Gasteiger partial charge in [-0.05, 0) is 101 Å². The smallest absolute Gasteiger partial charge is 0.0160 e. The van der Waals surface area contributed by atoms with E-state index in [0.717, 1.165) is 61.5 Å².